The predicted molar refractivity (Wildman–Crippen MR) is 125 cm³/mol. The van der Waals surface area contributed by atoms with Crippen LogP contribution in [0.2, 0.25) is 0 Å². The Labute approximate surface area is 181 Å². The molecule has 0 saturated heterocycles. The normalized spacial score (nSPS) is 15.6. The van der Waals surface area contributed by atoms with Crippen LogP contribution < -0.4 is 10.2 Å². The Morgan fingerprint density at radius 3 is 2.50 bits per heavy atom. The first-order valence-electron chi connectivity index (χ1n) is 10.7. The fraction of sp³-hybridized carbons (Fsp3) is 0.500. The first-order chi connectivity index (χ1) is 14.2. The van der Waals surface area contributed by atoms with Gasteiger partial charge in [-0.15, -0.1) is 0 Å². The van der Waals surface area contributed by atoms with Crippen molar-refractivity contribution in [2.75, 3.05) is 7.11 Å². The second-order valence-corrected chi connectivity index (χ2v) is 7.91. The maximum atomic E-state index is 12.5. The molecule has 0 aliphatic rings. The van der Waals surface area contributed by atoms with Crippen molar-refractivity contribution >= 4 is 0 Å². The number of aliphatic hydroxyl groups is 1. The van der Waals surface area contributed by atoms with E-state index in [9.17, 15) is 9.90 Å². The highest BCUT2D eigenvalue weighted by Gasteiger charge is 2.15. The molecule has 166 valence electrons. The molecule has 1 aromatic rings. The van der Waals surface area contributed by atoms with Gasteiger partial charge in [0.25, 0.3) is 5.95 Å². The number of methoxy groups -OCH3 is 1. The Morgan fingerprint density at radius 1 is 1.27 bits per heavy atom. The van der Waals surface area contributed by atoms with E-state index >= 15 is 0 Å². The fourth-order valence-electron chi connectivity index (χ4n) is 3.29. The molecule has 4 nitrogen and oxygen atoms in total. The first-order valence-corrected chi connectivity index (χ1v) is 10.7. The molecule has 0 bridgehead atoms. The summed E-state index contributed by atoms with van der Waals surface area (Å²) >= 11 is 0. The number of rotatable bonds is 10. The van der Waals surface area contributed by atoms with E-state index in [1.165, 1.54) is 12.7 Å². The summed E-state index contributed by atoms with van der Waals surface area (Å²) in [5.41, 5.74) is 4.55. The average Bonchev–Trinajstić information content (AvgIpc) is 2.73. The minimum atomic E-state index is -0.450. The highest BCUT2D eigenvalue weighted by Crippen LogP contribution is 2.21. The van der Waals surface area contributed by atoms with Gasteiger partial charge in [-0.1, -0.05) is 55.4 Å². The van der Waals surface area contributed by atoms with Crippen LogP contribution >= 0.6 is 0 Å². The Kier molecular flexibility index (Phi) is 10.6. The second kappa shape index (κ2) is 12.4. The fourth-order valence-corrected chi connectivity index (χ4v) is 3.29. The third-order valence-electron chi connectivity index (χ3n) is 5.44. The Hall–Kier alpha value is -2.33. The van der Waals surface area contributed by atoms with Crippen LogP contribution in [0.5, 0.6) is 5.95 Å². The maximum Gasteiger partial charge on any atom is 0.291 e. The van der Waals surface area contributed by atoms with Gasteiger partial charge in [-0.2, -0.15) is 0 Å². The van der Waals surface area contributed by atoms with E-state index in [1.54, 1.807) is 0 Å². The van der Waals surface area contributed by atoms with Gasteiger partial charge >= 0.3 is 0 Å². The summed E-state index contributed by atoms with van der Waals surface area (Å²) in [7, 11) is 1.53. The van der Waals surface area contributed by atoms with Gasteiger partial charge in [-0.3, -0.25) is 4.79 Å². The van der Waals surface area contributed by atoms with Crippen LogP contribution in [0.1, 0.15) is 64.9 Å². The molecule has 0 aromatic carbocycles. The molecule has 4 heteroatoms. The van der Waals surface area contributed by atoms with Crippen LogP contribution in [0.25, 0.3) is 0 Å². The van der Waals surface area contributed by atoms with Crippen molar-refractivity contribution in [3.8, 4) is 5.95 Å². The van der Waals surface area contributed by atoms with Gasteiger partial charge in [-0.05, 0) is 53.0 Å². The number of ether oxygens (including phenoxy) is 1. The number of aliphatic hydroxyl groups excluding tert-OH is 1. The minimum absolute atomic E-state index is 0.00627. The van der Waals surface area contributed by atoms with Crippen molar-refractivity contribution in [3.05, 3.63) is 74.2 Å². The quantitative estimate of drug-likeness (QED) is 0.384. The predicted octanol–water partition coefficient (Wildman–Crippen LogP) is 5.86. The molecule has 0 fully saturated rings. The third kappa shape index (κ3) is 7.17. The van der Waals surface area contributed by atoms with Crippen LogP contribution in [-0.2, 0) is 12.8 Å². The maximum absolute atomic E-state index is 12.5. The lowest BCUT2D eigenvalue weighted by Crippen LogP contribution is -2.17. The van der Waals surface area contributed by atoms with Gasteiger partial charge in [0.2, 0.25) is 0 Å². The van der Waals surface area contributed by atoms with Crippen molar-refractivity contribution in [1.82, 2.24) is 0 Å². The lowest BCUT2D eigenvalue weighted by atomic mass is 9.96. The zero-order valence-electron chi connectivity index (χ0n) is 19.8. The van der Waals surface area contributed by atoms with Crippen LogP contribution in [0.15, 0.2) is 56.3 Å². The summed E-state index contributed by atoms with van der Waals surface area (Å²) in [6, 6.07) is 0. The van der Waals surface area contributed by atoms with Crippen LogP contribution in [0.3, 0.4) is 0 Å². The van der Waals surface area contributed by atoms with Crippen LogP contribution in [0, 0.1) is 12.8 Å². The zero-order valence-corrected chi connectivity index (χ0v) is 19.8. The topological polar surface area (TPSA) is 59.7 Å². The molecular weight excluding hydrogens is 376 g/mol. The van der Waals surface area contributed by atoms with Crippen molar-refractivity contribution < 1.29 is 14.3 Å². The van der Waals surface area contributed by atoms with Crippen molar-refractivity contribution in [2.24, 2.45) is 5.92 Å². The molecule has 0 aliphatic carbocycles. The van der Waals surface area contributed by atoms with Gasteiger partial charge < -0.3 is 14.3 Å². The standard InChI is InChI=1S/C26H38O4/c1-9-19(5)24(27)20(6)16-18(4)13-11-12-17(3)14-15-23-21(7)25(28)22(10-2)26(29-8)30-23/h9,11,13-14,16,20,24,27H,10,12,15H2,1-8H3/b13-11+,17-14+,18-16+,19-9+/t20-,24+/m1/s1. The van der Waals surface area contributed by atoms with Gasteiger partial charge in [0.05, 0.1) is 18.8 Å². The van der Waals surface area contributed by atoms with Crippen LogP contribution in [-0.4, -0.2) is 18.3 Å². The Bertz CT molecular complexity index is 881. The second-order valence-electron chi connectivity index (χ2n) is 7.91. The van der Waals surface area contributed by atoms with Gasteiger partial charge in [0, 0.05) is 17.9 Å². The van der Waals surface area contributed by atoms with Crippen molar-refractivity contribution in [2.45, 2.75) is 73.8 Å². The molecule has 30 heavy (non-hydrogen) atoms. The summed E-state index contributed by atoms with van der Waals surface area (Å²) in [4.78, 5) is 12.5. The number of allylic oxidation sites excluding steroid dienone is 6. The Balaban J connectivity index is 2.80. The summed E-state index contributed by atoms with van der Waals surface area (Å²) < 4.78 is 11.1. The van der Waals surface area contributed by atoms with Gasteiger partial charge in [0.15, 0.2) is 5.43 Å². The van der Waals surface area contributed by atoms with E-state index in [0.717, 1.165) is 17.6 Å². The van der Waals surface area contributed by atoms with E-state index in [4.69, 9.17) is 9.15 Å². The number of hydrogen-bond donors (Lipinski definition) is 1. The molecule has 1 heterocycles. The SMILES string of the molecule is C/C=C(\C)[C@H](O)[C@H](C)/C=C(C)/C=C/C/C(C)=C/Cc1oc(OC)c(CC)c(=O)c1C. The molecular formula is C26H38O4. The summed E-state index contributed by atoms with van der Waals surface area (Å²) in [5, 5.41) is 10.3. The van der Waals surface area contributed by atoms with E-state index in [2.05, 4.69) is 31.2 Å². The molecule has 0 aliphatic heterocycles. The molecule has 1 aromatic heterocycles. The molecule has 0 saturated carbocycles. The molecule has 0 unspecified atom stereocenters. The van der Waals surface area contributed by atoms with E-state index < -0.39 is 6.10 Å². The average molecular weight is 415 g/mol. The largest absolute Gasteiger partial charge is 0.468 e. The van der Waals surface area contributed by atoms with Gasteiger partial charge in [-0.25, -0.2) is 0 Å². The van der Waals surface area contributed by atoms with Gasteiger partial charge in [0.1, 0.15) is 5.76 Å². The lowest BCUT2D eigenvalue weighted by Gasteiger charge is -2.16. The van der Waals surface area contributed by atoms with E-state index in [0.29, 0.717) is 35.7 Å². The Morgan fingerprint density at radius 2 is 1.93 bits per heavy atom. The highest BCUT2D eigenvalue weighted by atomic mass is 16.6. The zero-order chi connectivity index (χ0) is 22.8. The number of hydrogen-bond acceptors (Lipinski definition) is 4. The monoisotopic (exact) mass is 414 g/mol. The lowest BCUT2D eigenvalue weighted by molar-refractivity contribution is 0.173. The molecule has 0 amide bonds. The summed E-state index contributed by atoms with van der Waals surface area (Å²) in [6.45, 7) is 13.8. The molecule has 1 N–H and O–H groups in total. The summed E-state index contributed by atoms with van der Waals surface area (Å²) in [6.07, 6.45) is 11.8. The van der Waals surface area contributed by atoms with Crippen molar-refractivity contribution in [1.29, 1.82) is 0 Å². The molecule has 0 spiro atoms. The summed E-state index contributed by atoms with van der Waals surface area (Å²) in [5.74, 6) is 1.03. The van der Waals surface area contributed by atoms with Crippen LogP contribution in [0.4, 0.5) is 0 Å². The van der Waals surface area contributed by atoms with E-state index in [1.807, 2.05) is 47.6 Å². The minimum Gasteiger partial charge on any atom is -0.468 e. The molecule has 1 rings (SSSR count). The smallest absolute Gasteiger partial charge is 0.291 e. The highest BCUT2D eigenvalue weighted by molar-refractivity contribution is 5.31. The molecule has 0 radical (unpaired) electrons. The first kappa shape index (κ1) is 25.7. The molecule has 2 atom stereocenters. The third-order valence-corrected chi connectivity index (χ3v) is 5.44. The van der Waals surface area contributed by atoms with Crippen molar-refractivity contribution in [3.63, 3.8) is 0 Å². The van der Waals surface area contributed by atoms with E-state index in [-0.39, 0.29) is 11.3 Å².